The Morgan fingerprint density at radius 1 is 1.08 bits per heavy atom. The van der Waals surface area contributed by atoms with Crippen LogP contribution >= 0.6 is 0 Å². The SMILES string of the molecule is COc1ccc(CN2CCN(C(C)=O)CC(O)(COc3ccccc3)C2)cc1OCCCn1cc(C)cn1. The van der Waals surface area contributed by atoms with Gasteiger partial charge in [0.25, 0.3) is 0 Å². The second-order valence-corrected chi connectivity index (χ2v) is 9.95. The molecule has 2 aromatic carbocycles. The third-order valence-electron chi connectivity index (χ3n) is 6.57. The lowest BCUT2D eigenvalue weighted by molar-refractivity contribution is -0.132. The topological polar surface area (TPSA) is 89.3 Å². The molecule has 2 heterocycles. The molecule has 1 aliphatic rings. The van der Waals surface area contributed by atoms with Crippen molar-refractivity contribution in [3.63, 3.8) is 0 Å². The van der Waals surface area contributed by atoms with Crippen LogP contribution in [0.3, 0.4) is 0 Å². The van der Waals surface area contributed by atoms with Crippen molar-refractivity contribution in [3.8, 4) is 17.2 Å². The van der Waals surface area contributed by atoms with Crippen LogP contribution < -0.4 is 14.2 Å². The summed E-state index contributed by atoms with van der Waals surface area (Å²) in [6, 6.07) is 15.3. The molecule has 9 nitrogen and oxygen atoms in total. The molecular formula is C29H38N4O5. The van der Waals surface area contributed by atoms with Crippen molar-refractivity contribution >= 4 is 5.91 Å². The number of ether oxygens (including phenoxy) is 3. The van der Waals surface area contributed by atoms with E-state index in [-0.39, 0.29) is 19.1 Å². The van der Waals surface area contributed by atoms with E-state index in [0.717, 1.165) is 24.1 Å². The second-order valence-electron chi connectivity index (χ2n) is 9.95. The van der Waals surface area contributed by atoms with E-state index in [4.69, 9.17) is 14.2 Å². The molecule has 9 heteroatoms. The number of nitrogens with zero attached hydrogens (tertiary/aromatic N) is 4. The molecule has 1 amide bonds. The molecule has 204 valence electrons. The molecule has 1 aliphatic heterocycles. The molecule has 1 atom stereocenters. The molecule has 0 spiro atoms. The van der Waals surface area contributed by atoms with Gasteiger partial charge in [-0.3, -0.25) is 14.4 Å². The molecule has 38 heavy (non-hydrogen) atoms. The van der Waals surface area contributed by atoms with Crippen LogP contribution in [0.15, 0.2) is 60.9 Å². The van der Waals surface area contributed by atoms with Gasteiger partial charge in [-0.05, 0) is 42.3 Å². The smallest absolute Gasteiger partial charge is 0.219 e. The number of para-hydroxylation sites is 1. The first-order chi connectivity index (χ1) is 18.3. The number of rotatable bonds is 11. The lowest BCUT2D eigenvalue weighted by Crippen LogP contribution is -2.51. The molecule has 4 rings (SSSR count). The fraction of sp³-hybridized carbons (Fsp3) is 0.448. The minimum absolute atomic E-state index is 0.0598. The van der Waals surface area contributed by atoms with Crippen LogP contribution in [0.4, 0.5) is 0 Å². The lowest BCUT2D eigenvalue weighted by Gasteiger charge is -2.32. The van der Waals surface area contributed by atoms with Gasteiger partial charge in [-0.1, -0.05) is 24.3 Å². The predicted octanol–water partition coefficient (Wildman–Crippen LogP) is 3.14. The van der Waals surface area contributed by atoms with Crippen molar-refractivity contribution in [2.24, 2.45) is 0 Å². The van der Waals surface area contributed by atoms with E-state index in [9.17, 15) is 9.90 Å². The van der Waals surface area contributed by atoms with Crippen LogP contribution in [0.2, 0.25) is 0 Å². The monoisotopic (exact) mass is 522 g/mol. The quantitative estimate of drug-likeness (QED) is 0.387. The van der Waals surface area contributed by atoms with E-state index < -0.39 is 5.60 Å². The molecule has 1 fully saturated rings. The summed E-state index contributed by atoms with van der Waals surface area (Å²) in [5, 5.41) is 15.9. The van der Waals surface area contributed by atoms with E-state index in [0.29, 0.717) is 50.0 Å². The minimum atomic E-state index is -1.21. The molecule has 0 bridgehead atoms. The summed E-state index contributed by atoms with van der Waals surface area (Å²) in [5.74, 6) is 1.99. The standard InChI is InChI=1S/C29H38N4O5/c1-23-17-30-33(18-23)12-7-15-37-28-16-25(10-11-27(28)36-3)19-31-13-14-32(24(2)34)21-29(35,20-31)22-38-26-8-5-4-6-9-26/h4-6,8-11,16-18,35H,7,12-15,19-22H2,1-3H3. The normalized spacial score (nSPS) is 18.2. The van der Waals surface area contributed by atoms with Crippen molar-refractivity contribution in [2.75, 3.05) is 46.5 Å². The first-order valence-corrected chi connectivity index (χ1v) is 13.0. The van der Waals surface area contributed by atoms with Crippen LogP contribution in [0.5, 0.6) is 17.2 Å². The van der Waals surface area contributed by atoms with Gasteiger partial charge in [-0.2, -0.15) is 5.10 Å². The summed E-state index contributed by atoms with van der Waals surface area (Å²) in [6.07, 6.45) is 4.68. The zero-order valence-electron chi connectivity index (χ0n) is 22.5. The van der Waals surface area contributed by atoms with E-state index in [1.807, 2.05) is 72.5 Å². The Labute approximate surface area is 224 Å². The Hall–Kier alpha value is -3.56. The summed E-state index contributed by atoms with van der Waals surface area (Å²) in [4.78, 5) is 16.1. The maximum Gasteiger partial charge on any atom is 0.219 e. The molecule has 3 aromatic rings. The zero-order valence-corrected chi connectivity index (χ0v) is 22.5. The number of amides is 1. The maximum atomic E-state index is 12.2. The largest absolute Gasteiger partial charge is 0.493 e. The number of aromatic nitrogens is 2. The number of hydrogen-bond donors (Lipinski definition) is 1. The van der Waals surface area contributed by atoms with Gasteiger partial charge in [0, 0.05) is 52.3 Å². The van der Waals surface area contributed by atoms with Gasteiger partial charge in [0.15, 0.2) is 11.5 Å². The third-order valence-corrected chi connectivity index (χ3v) is 6.57. The number of carbonyl (C=O) groups excluding carboxylic acids is 1. The predicted molar refractivity (Wildman–Crippen MR) is 144 cm³/mol. The van der Waals surface area contributed by atoms with Gasteiger partial charge in [0.1, 0.15) is 18.0 Å². The number of benzene rings is 2. The molecule has 1 saturated heterocycles. The Bertz CT molecular complexity index is 1180. The number of aryl methyl sites for hydroxylation is 2. The first-order valence-electron chi connectivity index (χ1n) is 13.0. The summed E-state index contributed by atoms with van der Waals surface area (Å²) in [5.41, 5.74) is 0.958. The molecule has 0 aliphatic carbocycles. The van der Waals surface area contributed by atoms with Crippen LogP contribution in [0.25, 0.3) is 0 Å². The van der Waals surface area contributed by atoms with Crippen LogP contribution in [0.1, 0.15) is 24.5 Å². The summed E-state index contributed by atoms with van der Waals surface area (Å²) in [7, 11) is 1.63. The highest BCUT2D eigenvalue weighted by atomic mass is 16.5. The van der Waals surface area contributed by atoms with Crippen molar-refractivity contribution in [3.05, 3.63) is 72.1 Å². The van der Waals surface area contributed by atoms with Crippen molar-refractivity contribution in [1.29, 1.82) is 0 Å². The van der Waals surface area contributed by atoms with Gasteiger partial charge in [-0.15, -0.1) is 0 Å². The molecule has 1 aromatic heterocycles. The number of hydrogen-bond acceptors (Lipinski definition) is 7. The second kappa shape index (κ2) is 12.8. The van der Waals surface area contributed by atoms with Crippen LogP contribution in [0, 0.1) is 6.92 Å². The highest BCUT2D eigenvalue weighted by molar-refractivity contribution is 5.73. The molecule has 0 radical (unpaired) electrons. The van der Waals surface area contributed by atoms with E-state index in [1.54, 1.807) is 12.0 Å². The highest BCUT2D eigenvalue weighted by Crippen LogP contribution is 2.29. The highest BCUT2D eigenvalue weighted by Gasteiger charge is 2.37. The minimum Gasteiger partial charge on any atom is -0.493 e. The average Bonchev–Trinajstić information content (AvgIpc) is 3.25. The molecule has 1 unspecified atom stereocenters. The Kier molecular flexibility index (Phi) is 9.25. The lowest BCUT2D eigenvalue weighted by atomic mass is 10.0. The number of β-amino-alcohol motifs (C(OH)–C–C–N with tert-alkyl or cyclic N) is 1. The third kappa shape index (κ3) is 7.72. The van der Waals surface area contributed by atoms with Gasteiger partial charge >= 0.3 is 0 Å². The van der Waals surface area contributed by atoms with Crippen molar-refractivity contribution in [2.45, 2.75) is 39.0 Å². The Morgan fingerprint density at radius 3 is 2.61 bits per heavy atom. The Balaban J connectivity index is 1.40. The van der Waals surface area contributed by atoms with Gasteiger partial charge in [0.2, 0.25) is 5.91 Å². The average molecular weight is 523 g/mol. The fourth-order valence-electron chi connectivity index (χ4n) is 4.66. The van der Waals surface area contributed by atoms with Crippen LogP contribution in [-0.4, -0.2) is 82.7 Å². The van der Waals surface area contributed by atoms with Gasteiger partial charge in [0.05, 0.1) is 26.5 Å². The molecule has 1 N–H and O–H groups in total. The first kappa shape index (κ1) is 27.5. The zero-order chi connectivity index (χ0) is 27.0. The van der Waals surface area contributed by atoms with E-state index in [2.05, 4.69) is 10.00 Å². The fourth-order valence-corrected chi connectivity index (χ4v) is 4.66. The van der Waals surface area contributed by atoms with Gasteiger partial charge < -0.3 is 24.2 Å². The van der Waals surface area contributed by atoms with Crippen LogP contribution in [-0.2, 0) is 17.9 Å². The summed E-state index contributed by atoms with van der Waals surface area (Å²) >= 11 is 0. The number of carbonyl (C=O) groups is 1. The van der Waals surface area contributed by atoms with E-state index >= 15 is 0 Å². The van der Waals surface area contributed by atoms with Gasteiger partial charge in [-0.25, -0.2) is 0 Å². The number of aliphatic hydroxyl groups is 1. The van der Waals surface area contributed by atoms with Crippen molar-refractivity contribution in [1.82, 2.24) is 19.6 Å². The maximum absolute atomic E-state index is 12.2. The number of methoxy groups -OCH3 is 1. The molecule has 0 saturated carbocycles. The van der Waals surface area contributed by atoms with E-state index in [1.165, 1.54) is 6.92 Å². The van der Waals surface area contributed by atoms with Crippen molar-refractivity contribution < 1.29 is 24.1 Å². The molecular weight excluding hydrogens is 484 g/mol. The Morgan fingerprint density at radius 2 is 1.89 bits per heavy atom. The summed E-state index contributed by atoms with van der Waals surface area (Å²) in [6.45, 7) is 7.31. The summed E-state index contributed by atoms with van der Waals surface area (Å²) < 4.78 is 19.4.